The minimum atomic E-state index is 0.430. The summed E-state index contributed by atoms with van der Waals surface area (Å²) in [6, 6.07) is 16.0. The number of nitrogens with one attached hydrogen (secondary N) is 1. The Kier molecular flexibility index (Phi) is 3.40. The van der Waals surface area contributed by atoms with Gasteiger partial charge in [0, 0.05) is 16.9 Å². The lowest BCUT2D eigenvalue weighted by molar-refractivity contribution is 1.42. The van der Waals surface area contributed by atoms with Gasteiger partial charge in [-0.1, -0.05) is 30.4 Å². The first-order chi connectivity index (χ1) is 8.16. The average molecular weight is 242 g/mol. The van der Waals surface area contributed by atoms with Gasteiger partial charge in [-0.05, 0) is 42.8 Å². The SMILES string of the molecule is Cc1cc(C(N)=S)ccc1Nc1ccccc1. The molecule has 0 spiro atoms. The Labute approximate surface area is 106 Å². The number of para-hydroxylation sites is 1. The van der Waals surface area contributed by atoms with E-state index < -0.39 is 0 Å². The zero-order valence-corrected chi connectivity index (χ0v) is 10.4. The molecule has 0 fully saturated rings. The molecular formula is C14H14N2S. The molecule has 0 bridgehead atoms. The van der Waals surface area contributed by atoms with E-state index in [1.165, 1.54) is 0 Å². The second-order valence-corrected chi connectivity index (χ2v) is 4.32. The molecule has 0 aromatic heterocycles. The molecular weight excluding hydrogens is 228 g/mol. The number of benzene rings is 2. The van der Waals surface area contributed by atoms with Crippen molar-refractivity contribution in [2.75, 3.05) is 5.32 Å². The first kappa shape index (κ1) is 11.6. The summed E-state index contributed by atoms with van der Waals surface area (Å²) in [6.45, 7) is 2.03. The van der Waals surface area contributed by atoms with E-state index in [1.54, 1.807) is 0 Å². The van der Waals surface area contributed by atoms with Gasteiger partial charge >= 0.3 is 0 Å². The van der Waals surface area contributed by atoms with Crippen molar-refractivity contribution in [2.24, 2.45) is 5.73 Å². The Morgan fingerprint density at radius 2 is 1.82 bits per heavy atom. The smallest absolute Gasteiger partial charge is 0.103 e. The van der Waals surface area contributed by atoms with Gasteiger partial charge in [-0.25, -0.2) is 0 Å². The minimum absolute atomic E-state index is 0.430. The van der Waals surface area contributed by atoms with Crippen molar-refractivity contribution in [1.29, 1.82) is 0 Å². The summed E-state index contributed by atoms with van der Waals surface area (Å²) in [7, 11) is 0. The van der Waals surface area contributed by atoms with Crippen molar-refractivity contribution >= 4 is 28.6 Å². The monoisotopic (exact) mass is 242 g/mol. The second kappa shape index (κ2) is 4.97. The molecule has 0 saturated carbocycles. The molecule has 0 aliphatic rings. The fourth-order valence-electron chi connectivity index (χ4n) is 1.63. The van der Waals surface area contributed by atoms with Gasteiger partial charge in [0.1, 0.15) is 4.99 Å². The number of nitrogens with two attached hydrogens (primary N) is 1. The number of anilines is 2. The molecule has 0 unspecified atom stereocenters. The van der Waals surface area contributed by atoms with Crippen LogP contribution in [-0.4, -0.2) is 4.99 Å². The lowest BCUT2D eigenvalue weighted by Gasteiger charge is -2.10. The molecule has 17 heavy (non-hydrogen) atoms. The van der Waals surface area contributed by atoms with E-state index in [9.17, 15) is 0 Å². The number of thiocarbonyl (C=S) groups is 1. The lowest BCUT2D eigenvalue weighted by atomic mass is 10.1. The standard InChI is InChI=1S/C14H14N2S/c1-10-9-11(14(15)17)7-8-13(10)16-12-5-3-2-4-6-12/h2-9,16H,1H3,(H2,15,17). The predicted octanol–water partition coefficient (Wildman–Crippen LogP) is 3.37. The predicted molar refractivity (Wildman–Crippen MR) is 76.8 cm³/mol. The highest BCUT2D eigenvalue weighted by atomic mass is 32.1. The van der Waals surface area contributed by atoms with Crippen LogP contribution in [0.15, 0.2) is 48.5 Å². The summed E-state index contributed by atoms with van der Waals surface area (Å²) >= 11 is 4.95. The lowest BCUT2D eigenvalue weighted by Crippen LogP contribution is -2.09. The molecule has 0 atom stereocenters. The maximum Gasteiger partial charge on any atom is 0.103 e. The van der Waals surface area contributed by atoms with E-state index in [4.69, 9.17) is 18.0 Å². The molecule has 2 rings (SSSR count). The minimum Gasteiger partial charge on any atom is -0.389 e. The van der Waals surface area contributed by atoms with Gasteiger partial charge in [-0.15, -0.1) is 0 Å². The number of aryl methyl sites for hydroxylation is 1. The van der Waals surface area contributed by atoms with E-state index in [0.717, 1.165) is 22.5 Å². The number of hydrogen-bond donors (Lipinski definition) is 2. The molecule has 2 nitrogen and oxygen atoms in total. The Bertz CT molecular complexity index is 535. The Morgan fingerprint density at radius 3 is 2.41 bits per heavy atom. The van der Waals surface area contributed by atoms with E-state index in [2.05, 4.69) is 5.32 Å². The van der Waals surface area contributed by atoms with Crippen LogP contribution in [0.25, 0.3) is 0 Å². The summed E-state index contributed by atoms with van der Waals surface area (Å²) in [6.07, 6.45) is 0. The summed E-state index contributed by atoms with van der Waals surface area (Å²) in [5.41, 5.74) is 9.75. The molecule has 0 heterocycles. The highest BCUT2D eigenvalue weighted by Gasteiger charge is 2.02. The highest BCUT2D eigenvalue weighted by Crippen LogP contribution is 2.21. The van der Waals surface area contributed by atoms with Crippen LogP contribution in [0.1, 0.15) is 11.1 Å². The van der Waals surface area contributed by atoms with E-state index in [1.807, 2.05) is 55.5 Å². The molecule has 0 saturated heterocycles. The molecule has 86 valence electrons. The van der Waals surface area contributed by atoms with Gasteiger partial charge in [0.25, 0.3) is 0 Å². The van der Waals surface area contributed by atoms with Crippen LogP contribution in [-0.2, 0) is 0 Å². The Balaban J connectivity index is 2.26. The summed E-state index contributed by atoms with van der Waals surface area (Å²) < 4.78 is 0. The summed E-state index contributed by atoms with van der Waals surface area (Å²) in [5, 5.41) is 3.35. The van der Waals surface area contributed by atoms with Crippen LogP contribution in [0.5, 0.6) is 0 Å². The molecule has 2 aromatic rings. The number of rotatable bonds is 3. The largest absolute Gasteiger partial charge is 0.389 e. The summed E-state index contributed by atoms with van der Waals surface area (Å²) in [5.74, 6) is 0. The van der Waals surface area contributed by atoms with E-state index in [0.29, 0.717) is 4.99 Å². The van der Waals surface area contributed by atoms with Crippen LogP contribution < -0.4 is 11.1 Å². The number of hydrogen-bond acceptors (Lipinski definition) is 2. The van der Waals surface area contributed by atoms with Gasteiger partial charge < -0.3 is 11.1 Å². The molecule has 3 N–H and O–H groups in total. The quantitative estimate of drug-likeness (QED) is 0.810. The molecule has 0 radical (unpaired) electrons. The van der Waals surface area contributed by atoms with Crippen LogP contribution in [0.4, 0.5) is 11.4 Å². The fraction of sp³-hybridized carbons (Fsp3) is 0.0714. The van der Waals surface area contributed by atoms with Gasteiger partial charge in [0.05, 0.1) is 0 Å². The average Bonchev–Trinajstić information content (AvgIpc) is 2.33. The second-order valence-electron chi connectivity index (χ2n) is 3.88. The van der Waals surface area contributed by atoms with Crippen molar-refractivity contribution < 1.29 is 0 Å². The highest BCUT2D eigenvalue weighted by molar-refractivity contribution is 7.80. The van der Waals surface area contributed by atoms with E-state index in [-0.39, 0.29) is 0 Å². The van der Waals surface area contributed by atoms with Crippen LogP contribution in [0.2, 0.25) is 0 Å². The van der Waals surface area contributed by atoms with Crippen LogP contribution >= 0.6 is 12.2 Å². The first-order valence-corrected chi connectivity index (χ1v) is 5.80. The topological polar surface area (TPSA) is 38.0 Å². The van der Waals surface area contributed by atoms with Crippen molar-refractivity contribution in [3.63, 3.8) is 0 Å². The zero-order valence-electron chi connectivity index (χ0n) is 9.60. The molecule has 0 aliphatic carbocycles. The van der Waals surface area contributed by atoms with Gasteiger partial charge in [0.15, 0.2) is 0 Å². The van der Waals surface area contributed by atoms with Crippen LogP contribution in [0, 0.1) is 6.92 Å². The maximum absolute atomic E-state index is 5.60. The van der Waals surface area contributed by atoms with Gasteiger partial charge in [-0.3, -0.25) is 0 Å². The maximum atomic E-state index is 5.60. The fourth-order valence-corrected chi connectivity index (χ4v) is 1.76. The molecule has 0 amide bonds. The van der Waals surface area contributed by atoms with Crippen molar-refractivity contribution in [1.82, 2.24) is 0 Å². The molecule has 2 aromatic carbocycles. The third-order valence-electron chi connectivity index (χ3n) is 2.56. The zero-order chi connectivity index (χ0) is 12.3. The third-order valence-corrected chi connectivity index (χ3v) is 2.80. The van der Waals surface area contributed by atoms with Crippen molar-refractivity contribution in [3.05, 3.63) is 59.7 Å². The first-order valence-electron chi connectivity index (χ1n) is 5.39. The van der Waals surface area contributed by atoms with Crippen molar-refractivity contribution in [3.8, 4) is 0 Å². The third kappa shape index (κ3) is 2.82. The summed E-state index contributed by atoms with van der Waals surface area (Å²) in [4.78, 5) is 0.430. The van der Waals surface area contributed by atoms with Crippen molar-refractivity contribution in [2.45, 2.75) is 6.92 Å². The Morgan fingerprint density at radius 1 is 1.12 bits per heavy atom. The molecule has 0 aliphatic heterocycles. The van der Waals surface area contributed by atoms with Crippen LogP contribution in [0.3, 0.4) is 0 Å². The van der Waals surface area contributed by atoms with Gasteiger partial charge in [-0.2, -0.15) is 0 Å². The molecule has 3 heteroatoms. The van der Waals surface area contributed by atoms with E-state index >= 15 is 0 Å². The van der Waals surface area contributed by atoms with Gasteiger partial charge in [0.2, 0.25) is 0 Å². The Hall–Kier alpha value is -1.87. The normalized spacial score (nSPS) is 9.94.